The van der Waals surface area contributed by atoms with E-state index in [1.54, 1.807) is 0 Å². The second kappa shape index (κ2) is 3.70. The molecule has 0 amide bonds. The molecule has 0 radical (unpaired) electrons. The summed E-state index contributed by atoms with van der Waals surface area (Å²) in [5, 5.41) is 3.34. The van der Waals surface area contributed by atoms with E-state index in [9.17, 15) is 4.39 Å². The Balaban J connectivity index is 2.44. The molecule has 1 atom stereocenters. The van der Waals surface area contributed by atoms with Gasteiger partial charge in [-0.1, -0.05) is 12.1 Å². The molecule has 1 aliphatic rings. The third kappa shape index (κ3) is 1.55. The number of halogens is 1. The van der Waals surface area contributed by atoms with Gasteiger partial charge in [-0.05, 0) is 44.4 Å². The Morgan fingerprint density at radius 2 is 2.00 bits per heavy atom. The summed E-state index contributed by atoms with van der Waals surface area (Å²) in [7, 11) is 0. The maximum atomic E-state index is 13.9. The zero-order valence-electron chi connectivity index (χ0n) is 8.73. The minimum absolute atomic E-state index is 0.0237. The SMILES string of the molecule is Cc1ccc(C)c(C2CCCN2)c1F. The van der Waals surface area contributed by atoms with Crippen molar-refractivity contribution in [3.05, 3.63) is 34.6 Å². The fourth-order valence-electron chi connectivity index (χ4n) is 2.16. The minimum atomic E-state index is -0.0237. The predicted octanol–water partition coefficient (Wildman–Crippen LogP) is 2.87. The van der Waals surface area contributed by atoms with Gasteiger partial charge in [0.2, 0.25) is 0 Å². The number of benzene rings is 1. The van der Waals surface area contributed by atoms with Crippen molar-refractivity contribution in [2.24, 2.45) is 0 Å². The van der Waals surface area contributed by atoms with Gasteiger partial charge in [0.05, 0.1) is 0 Å². The molecule has 1 aromatic rings. The normalized spacial score (nSPS) is 21.5. The van der Waals surface area contributed by atoms with Crippen molar-refractivity contribution in [2.45, 2.75) is 32.7 Å². The third-order valence-corrected chi connectivity index (χ3v) is 3.00. The van der Waals surface area contributed by atoms with Gasteiger partial charge >= 0.3 is 0 Å². The lowest BCUT2D eigenvalue weighted by Crippen LogP contribution is -2.16. The molecule has 1 nitrogen and oxygen atoms in total. The van der Waals surface area contributed by atoms with Crippen LogP contribution >= 0.6 is 0 Å². The first-order valence-electron chi connectivity index (χ1n) is 5.19. The van der Waals surface area contributed by atoms with E-state index in [-0.39, 0.29) is 11.9 Å². The molecule has 0 spiro atoms. The van der Waals surface area contributed by atoms with E-state index in [1.165, 1.54) is 0 Å². The van der Waals surface area contributed by atoms with Crippen molar-refractivity contribution >= 4 is 0 Å². The van der Waals surface area contributed by atoms with Gasteiger partial charge in [0, 0.05) is 11.6 Å². The highest BCUT2D eigenvalue weighted by Gasteiger charge is 2.21. The Bertz CT molecular complexity index is 340. The van der Waals surface area contributed by atoms with Gasteiger partial charge in [-0.3, -0.25) is 0 Å². The van der Waals surface area contributed by atoms with Crippen molar-refractivity contribution in [3.8, 4) is 0 Å². The lowest BCUT2D eigenvalue weighted by Gasteiger charge is -2.16. The number of hydrogen-bond donors (Lipinski definition) is 1. The van der Waals surface area contributed by atoms with Crippen molar-refractivity contribution in [1.82, 2.24) is 5.32 Å². The minimum Gasteiger partial charge on any atom is -0.310 e. The highest BCUT2D eigenvalue weighted by molar-refractivity contribution is 5.35. The summed E-state index contributed by atoms with van der Waals surface area (Å²) >= 11 is 0. The number of rotatable bonds is 1. The molecule has 1 N–H and O–H groups in total. The van der Waals surface area contributed by atoms with Gasteiger partial charge < -0.3 is 5.32 Å². The molecule has 0 bridgehead atoms. The maximum Gasteiger partial charge on any atom is 0.131 e. The summed E-state index contributed by atoms with van der Waals surface area (Å²) in [6.07, 6.45) is 2.21. The van der Waals surface area contributed by atoms with E-state index >= 15 is 0 Å². The third-order valence-electron chi connectivity index (χ3n) is 3.00. The lowest BCUT2D eigenvalue weighted by molar-refractivity contribution is 0.549. The second-order valence-electron chi connectivity index (χ2n) is 4.08. The first-order valence-corrected chi connectivity index (χ1v) is 5.19. The van der Waals surface area contributed by atoms with Gasteiger partial charge in [-0.25, -0.2) is 4.39 Å². The molecule has 0 aliphatic carbocycles. The van der Waals surface area contributed by atoms with Crippen LogP contribution < -0.4 is 5.32 Å². The van der Waals surface area contributed by atoms with Crippen LogP contribution in [0.15, 0.2) is 12.1 Å². The lowest BCUT2D eigenvalue weighted by atomic mass is 9.97. The Morgan fingerprint density at radius 1 is 1.29 bits per heavy atom. The first-order chi connectivity index (χ1) is 6.70. The Labute approximate surface area is 84.3 Å². The van der Waals surface area contributed by atoms with Crippen molar-refractivity contribution < 1.29 is 4.39 Å². The second-order valence-corrected chi connectivity index (χ2v) is 4.08. The molecular weight excluding hydrogens is 177 g/mol. The van der Waals surface area contributed by atoms with E-state index in [4.69, 9.17) is 0 Å². The van der Waals surface area contributed by atoms with Crippen LogP contribution in [0.4, 0.5) is 4.39 Å². The monoisotopic (exact) mass is 193 g/mol. The van der Waals surface area contributed by atoms with E-state index in [1.807, 2.05) is 26.0 Å². The molecule has 0 saturated carbocycles. The van der Waals surface area contributed by atoms with Crippen LogP contribution in [0.25, 0.3) is 0 Å². The predicted molar refractivity (Wildman–Crippen MR) is 55.9 cm³/mol. The Hall–Kier alpha value is -0.890. The van der Waals surface area contributed by atoms with Crippen LogP contribution in [0.1, 0.15) is 35.6 Å². The molecule has 1 fully saturated rings. The number of aryl methyl sites for hydroxylation is 2. The van der Waals surface area contributed by atoms with Gasteiger partial charge in [-0.15, -0.1) is 0 Å². The zero-order valence-corrected chi connectivity index (χ0v) is 8.73. The van der Waals surface area contributed by atoms with Crippen molar-refractivity contribution in [3.63, 3.8) is 0 Å². The summed E-state index contributed by atoms with van der Waals surface area (Å²) in [4.78, 5) is 0. The standard InChI is InChI=1S/C12H16FN/c1-8-5-6-9(2)12(13)11(8)10-4-3-7-14-10/h5-6,10,14H,3-4,7H2,1-2H3. The quantitative estimate of drug-likeness (QED) is 0.723. The smallest absolute Gasteiger partial charge is 0.131 e. The molecule has 76 valence electrons. The average molecular weight is 193 g/mol. The van der Waals surface area contributed by atoms with Gasteiger partial charge in [0.15, 0.2) is 0 Å². The van der Waals surface area contributed by atoms with Crippen LogP contribution in [0.3, 0.4) is 0 Å². The highest BCUT2D eigenvalue weighted by atomic mass is 19.1. The van der Waals surface area contributed by atoms with Gasteiger partial charge in [0.1, 0.15) is 5.82 Å². The highest BCUT2D eigenvalue weighted by Crippen LogP contribution is 2.29. The van der Waals surface area contributed by atoms with Crippen LogP contribution in [-0.4, -0.2) is 6.54 Å². The fraction of sp³-hybridized carbons (Fsp3) is 0.500. The molecule has 0 aromatic heterocycles. The van der Waals surface area contributed by atoms with Gasteiger partial charge in [0.25, 0.3) is 0 Å². The van der Waals surface area contributed by atoms with Gasteiger partial charge in [-0.2, -0.15) is 0 Å². The number of nitrogens with one attached hydrogen (secondary N) is 1. The molecule has 1 heterocycles. The van der Waals surface area contributed by atoms with E-state index in [0.29, 0.717) is 0 Å². The summed E-state index contributed by atoms with van der Waals surface area (Å²) in [5.41, 5.74) is 2.69. The first kappa shape index (κ1) is 9.66. The molecule has 1 aliphatic heterocycles. The number of hydrogen-bond acceptors (Lipinski definition) is 1. The van der Waals surface area contributed by atoms with E-state index < -0.39 is 0 Å². The van der Waals surface area contributed by atoms with E-state index in [0.717, 1.165) is 36.1 Å². The molecule has 1 saturated heterocycles. The Kier molecular flexibility index (Phi) is 2.55. The molecule has 14 heavy (non-hydrogen) atoms. The van der Waals surface area contributed by atoms with Crippen molar-refractivity contribution in [1.29, 1.82) is 0 Å². The van der Waals surface area contributed by atoms with Crippen LogP contribution in [0, 0.1) is 19.7 Å². The Morgan fingerprint density at radius 3 is 2.64 bits per heavy atom. The molecular formula is C12H16FN. The van der Waals surface area contributed by atoms with Crippen LogP contribution in [-0.2, 0) is 0 Å². The van der Waals surface area contributed by atoms with Crippen LogP contribution in [0.5, 0.6) is 0 Å². The molecule has 2 rings (SSSR count). The summed E-state index contributed by atoms with van der Waals surface area (Å²) in [6.45, 7) is 4.82. The molecule has 1 unspecified atom stereocenters. The van der Waals surface area contributed by atoms with Crippen molar-refractivity contribution in [2.75, 3.05) is 6.54 Å². The summed E-state index contributed by atoms with van der Waals surface area (Å²) in [5.74, 6) is -0.0237. The topological polar surface area (TPSA) is 12.0 Å². The fourth-order valence-corrected chi connectivity index (χ4v) is 2.16. The average Bonchev–Trinajstić information content (AvgIpc) is 2.65. The van der Waals surface area contributed by atoms with Crippen LogP contribution in [0.2, 0.25) is 0 Å². The summed E-state index contributed by atoms with van der Waals surface area (Å²) < 4.78 is 13.9. The molecule has 2 heteroatoms. The largest absolute Gasteiger partial charge is 0.310 e. The van der Waals surface area contributed by atoms with E-state index in [2.05, 4.69) is 5.32 Å². The molecule has 1 aromatic carbocycles. The maximum absolute atomic E-state index is 13.9. The summed E-state index contributed by atoms with van der Waals surface area (Å²) in [6, 6.07) is 4.09. The zero-order chi connectivity index (χ0) is 10.1.